The summed E-state index contributed by atoms with van der Waals surface area (Å²) in [6, 6.07) is 6.73. The van der Waals surface area contributed by atoms with E-state index >= 15 is 0 Å². The van der Waals surface area contributed by atoms with Crippen molar-refractivity contribution < 1.29 is 23.1 Å². The maximum atomic E-state index is 12.9. The minimum atomic E-state index is -3.46. The van der Waals surface area contributed by atoms with Gasteiger partial charge in [-0.15, -0.1) is 6.58 Å². The molecule has 2 rings (SSSR count). The SMILES string of the molecule is C=CCN(Cc1ccc(C(=O)OC)cc1)S(=O)(=O)CCN1CCN(CCO)CC1. The minimum Gasteiger partial charge on any atom is -0.465 e. The smallest absolute Gasteiger partial charge is 0.337 e. The standard InChI is InChI=1S/C20H31N3O5S/c1-3-8-23(17-18-4-6-19(7-5-18)20(25)28-2)29(26,27)16-14-22-11-9-21(10-12-22)13-15-24/h3-7,24H,1,8-17H2,2H3. The number of aliphatic hydroxyl groups is 1. The molecule has 29 heavy (non-hydrogen) atoms. The van der Waals surface area contributed by atoms with Crippen molar-refractivity contribution in [2.24, 2.45) is 0 Å². The molecule has 0 aromatic heterocycles. The molecule has 1 aromatic carbocycles. The number of hydrogen-bond donors (Lipinski definition) is 1. The van der Waals surface area contributed by atoms with E-state index in [2.05, 4.69) is 21.1 Å². The number of carbonyl (C=O) groups is 1. The van der Waals surface area contributed by atoms with E-state index in [1.807, 2.05) is 0 Å². The zero-order valence-electron chi connectivity index (χ0n) is 17.0. The van der Waals surface area contributed by atoms with Crippen molar-refractivity contribution in [3.63, 3.8) is 0 Å². The molecule has 0 bridgehead atoms. The molecule has 0 saturated carbocycles. The van der Waals surface area contributed by atoms with Crippen LogP contribution in [0.5, 0.6) is 0 Å². The van der Waals surface area contributed by atoms with Gasteiger partial charge in [-0.2, -0.15) is 4.31 Å². The number of rotatable bonds is 11. The maximum Gasteiger partial charge on any atom is 0.337 e. The summed E-state index contributed by atoms with van der Waals surface area (Å²) in [6.07, 6.45) is 1.58. The van der Waals surface area contributed by atoms with Gasteiger partial charge in [-0.05, 0) is 17.7 Å². The zero-order valence-corrected chi connectivity index (χ0v) is 17.8. The summed E-state index contributed by atoms with van der Waals surface area (Å²) in [4.78, 5) is 15.9. The van der Waals surface area contributed by atoms with Crippen LogP contribution in [0.3, 0.4) is 0 Å². The summed E-state index contributed by atoms with van der Waals surface area (Å²) in [5.74, 6) is -0.382. The van der Waals surface area contributed by atoms with Gasteiger partial charge in [0, 0.05) is 52.4 Å². The van der Waals surface area contributed by atoms with Gasteiger partial charge in [-0.25, -0.2) is 13.2 Å². The van der Waals surface area contributed by atoms with Crippen LogP contribution >= 0.6 is 0 Å². The van der Waals surface area contributed by atoms with Gasteiger partial charge in [0.15, 0.2) is 0 Å². The molecule has 9 heteroatoms. The van der Waals surface area contributed by atoms with Gasteiger partial charge in [0.05, 0.1) is 25.0 Å². The number of carbonyl (C=O) groups excluding carboxylic acids is 1. The molecule has 0 spiro atoms. The lowest BCUT2D eigenvalue weighted by atomic mass is 10.1. The largest absolute Gasteiger partial charge is 0.465 e. The Morgan fingerprint density at radius 2 is 1.76 bits per heavy atom. The van der Waals surface area contributed by atoms with Crippen molar-refractivity contribution in [2.45, 2.75) is 6.54 Å². The molecule has 1 heterocycles. The second kappa shape index (κ2) is 11.4. The average Bonchev–Trinajstić information content (AvgIpc) is 2.73. The lowest BCUT2D eigenvalue weighted by Crippen LogP contribution is -2.48. The number of aliphatic hydroxyl groups excluding tert-OH is 1. The first kappa shape index (κ1) is 23.5. The molecule has 1 fully saturated rings. The van der Waals surface area contributed by atoms with Gasteiger partial charge in [0.2, 0.25) is 10.0 Å². The van der Waals surface area contributed by atoms with Crippen molar-refractivity contribution in [1.29, 1.82) is 0 Å². The number of ether oxygens (including phenoxy) is 1. The molecule has 0 unspecified atom stereocenters. The minimum absolute atomic E-state index is 0.0427. The van der Waals surface area contributed by atoms with E-state index in [0.717, 1.165) is 31.7 Å². The van der Waals surface area contributed by atoms with Crippen molar-refractivity contribution in [3.05, 3.63) is 48.0 Å². The number of sulfonamides is 1. The monoisotopic (exact) mass is 425 g/mol. The molecule has 1 aliphatic rings. The van der Waals surface area contributed by atoms with Crippen LogP contribution in [0, 0.1) is 0 Å². The summed E-state index contributed by atoms with van der Waals surface area (Å²) in [5.41, 5.74) is 1.22. The van der Waals surface area contributed by atoms with Crippen LogP contribution in [0.25, 0.3) is 0 Å². The number of β-amino-alcohol motifs (C(OH)–C–C–N with tert-alkyl or cyclic N) is 1. The first-order valence-corrected chi connectivity index (χ1v) is 11.3. The highest BCUT2D eigenvalue weighted by atomic mass is 32.2. The van der Waals surface area contributed by atoms with Crippen LogP contribution in [0.1, 0.15) is 15.9 Å². The molecule has 8 nitrogen and oxygen atoms in total. The molecule has 1 aromatic rings. The van der Waals surface area contributed by atoms with Crippen LogP contribution in [0.2, 0.25) is 0 Å². The van der Waals surface area contributed by atoms with Crippen LogP contribution in [0.15, 0.2) is 36.9 Å². The summed E-state index contributed by atoms with van der Waals surface area (Å²) in [5, 5.41) is 9.01. The molecule has 1 aliphatic heterocycles. The molecule has 0 aliphatic carbocycles. The normalized spacial score (nSPS) is 16.1. The van der Waals surface area contributed by atoms with Crippen LogP contribution in [-0.4, -0.2) is 98.9 Å². The molecular formula is C20H31N3O5S. The highest BCUT2D eigenvalue weighted by Gasteiger charge is 2.24. The second-order valence-corrected chi connectivity index (χ2v) is 9.08. The first-order chi connectivity index (χ1) is 13.9. The molecule has 1 N–H and O–H groups in total. The van der Waals surface area contributed by atoms with Gasteiger partial charge in [-0.3, -0.25) is 9.80 Å². The third kappa shape index (κ3) is 7.20. The van der Waals surface area contributed by atoms with Gasteiger partial charge in [-0.1, -0.05) is 18.2 Å². The number of methoxy groups -OCH3 is 1. The molecule has 162 valence electrons. The lowest BCUT2D eigenvalue weighted by molar-refractivity contribution is 0.0600. The summed E-state index contributed by atoms with van der Waals surface area (Å²) >= 11 is 0. The number of benzene rings is 1. The zero-order chi connectivity index (χ0) is 21.3. The van der Waals surface area contributed by atoms with Crippen molar-refractivity contribution in [3.8, 4) is 0 Å². The third-order valence-electron chi connectivity index (χ3n) is 5.01. The Bertz CT molecular complexity index is 759. The number of nitrogens with zero attached hydrogens (tertiary/aromatic N) is 3. The molecule has 0 atom stereocenters. The number of piperazine rings is 1. The van der Waals surface area contributed by atoms with Gasteiger partial charge in [0.25, 0.3) is 0 Å². The Labute approximate surface area is 173 Å². The summed E-state index contributed by atoms with van der Waals surface area (Å²) < 4.78 is 31.9. The van der Waals surface area contributed by atoms with Crippen LogP contribution in [0.4, 0.5) is 0 Å². The Kier molecular flexibility index (Phi) is 9.25. The summed E-state index contributed by atoms with van der Waals surface area (Å²) in [7, 11) is -2.14. The topological polar surface area (TPSA) is 90.4 Å². The Morgan fingerprint density at radius 3 is 2.28 bits per heavy atom. The van der Waals surface area contributed by atoms with E-state index in [0.29, 0.717) is 18.7 Å². The molecule has 0 amide bonds. The van der Waals surface area contributed by atoms with Crippen molar-refractivity contribution in [2.75, 3.05) is 65.3 Å². The Hall–Kier alpha value is -1.78. The van der Waals surface area contributed by atoms with E-state index in [1.165, 1.54) is 11.4 Å². The Balaban J connectivity index is 1.94. The van der Waals surface area contributed by atoms with E-state index in [1.54, 1.807) is 30.3 Å². The first-order valence-electron chi connectivity index (χ1n) is 9.71. The predicted octanol–water partition coefficient (Wildman–Crippen LogP) is 0.401. The second-order valence-electron chi connectivity index (χ2n) is 6.99. The van der Waals surface area contributed by atoms with Gasteiger partial charge >= 0.3 is 5.97 Å². The number of esters is 1. The highest BCUT2D eigenvalue weighted by molar-refractivity contribution is 7.89. The third-order valence-corrected chi connectivity index (χ3v) is 6.77. The van der Waals surface area contributed by atoms with Crippen molar-refractivity contribution >= 4 is 16.0 Å². The van der Waals surface area contributed by atoms with Crippen LogP contribution < -0.4 is 0 Å². The van der Waals surface area contributed by atoms with E-state index < -0.39 is 16.0 Å². The fraction of sp³-hybridized carbons (Fsp3) is 0.550. The average molecular weight is 426 g/mol. The Morgan fingerprint density at radius 1 is 1.17 bits per heavy atom. The quantitative estimate of drug-likeness (QED) is 0.405. The van der Waals surface area contributed by atoms with E-state index in [4.69, 9.17) is 5.11 Å². The van der Waals surface area contributed by atoms with E-state index in [9.17, 15) is 13.2 Å². The van der Waals surface area contributed by atoms with E-state index in [-0.39, 0.29) is 25.4 Å². The highest BCUT2D eigenvalue weighted by Crippen LogP contribution is 2.13. The van der Waals surface area contributed by atoms with Gasteiger partial charge in [0.1, 0.15) is 0 Å². The fourth-order valence-electron chi connectivity index (χ4n) is 3.24. The lowest BCUT2D eigenvalue weighted by Gasteiger charge is -2.34. The summed E-state index contributed by atoms with van der Waals surface area (Å²) in [6.45, 7) is 8.68. The van der Waals surface area contributed by atoms with Crippen molar-refractivity contribution in [1.82, 2.24) is 14.1 Å². The molecular weight excluding hydrogens is 394 g/mol. The fourth-order valence-corrected chi connectivity index (χ4v) is 4.67. The van der Waals surface area contributed by atoms with Crippen LogP contribution in [-0.2, 0) is 21.3 Å². The molecule has 0 radical (unpaired) electrons. The predicted molar refractivity (Wildman–Crippen MR) is 112 cm³/mol. The maximum absolute atomic E-state index is 12.9. The van der Waals surface area contributed by atoms with Gasteiger partial charge < -0.3 is 9.84 Å². The molecule has 1 saturated heterocycles. The number of hydrogen-bond acceptors (Lipinski definition) is 7.